The summed E-state index contributed by atoms with van der Waals surface area (Å²) in [5.41, 5.74) is 1.23. The van der Waals surface area contributed by atoms with Crippen molar-refractivity contribution in [3.63, 3.8) is 0 Å². The minimum Gasteiger partial charge on any atom is -0.367 e. The fourth-order valence-electron chi connectivity index (χ4n) is 4.95. The molecule has 0 radical (unpaired) electrons. The zero-order valence-electron chi connectivity index (χ0n) is 17.0. The summed E-state index contributed by atoms with van der Waals surface area (Å²) in [5.74, 6) is 1.97. The van der Waals surface area contributed by atoms with Crippen LogP contribution < -0.4 is 10.6 Å². The lowest BCUT2D eigenvalue weighted by Gasteiger charge is -2.39. The van der Waals surface area contributed by atoms with Gasteiger partial charge in [0.15, 0.2) is 5.82 Å². The molecule has 9 nitrogen and oxygen atoms in total. The Bertz CT molecular complexity index is 1160. The number of fused-ring (bicyclic) bond motifs is 3. The van der Waals surface area contributed by atoms with Gasteiger partial charge in [-0.25, -0.2) is 4.98 Å². The van der Waals surface area contributed by atoms with Crippen LogP contribution in [0.2, 0.25) is 0 Å². The third-order valence-electron chi connectivity index (χ3n) is 6.26. The molecular weight excluding hydrogens is 390 g/mol. The third kappa shape index (κ3) is 3.88. The molecule has 0 saturated carbocycles. The number of hydrogen-bond acceptors (Lipinski definition) is 8. The highest BCUT2D eigenvalue weighted by atomic mass is 15.2. The molecule has 2 saturated heterocycles. The molecule has 5 heterocycles. The molecule has 2 bridgehead atoms. The Hall–Kier alpha value is -3.69. The molecule has 0 aromatic carbocycles. The van der Waals surface area contributed by atoms with Crippen LogP contribution >= 0.6 is 0 Å². The third-order valence-corrected chi connectivity index (χ3v) is 6.26. The number of aromatic amines is 1. The number of nitriles is 2. The highest BCUT2D eigenvalue weighted by Crippen LogP contribution is 2.37. The van der Waals surface area contributed by atoms with Crippen LogP contribution in [0.1, 0.15) is 37.8 Å². The van der Waals surface area contributed by atoms with Crippen LogP contribution in [-0.2, 0) is 0 Å². The summed E-state index contributed by atoms with van der Waals surface area (Å²) >= 11 is 0. The quantitative estimate of drug-likeness (QED) is 0.561. The number of H-pyrrole nitrogens is 1. The second-order valence-corrected chi connectivity index (χ2v) is 8.17. The first kappa shape index (κ1) is 19.3. The molecule has 0 unspecified atom stereocenters. The number of hydrogen-bond donors (Lipinski definition) is 3. The van der Waals surface area contributed by atoms with E-state index in [1.54, 1.807) is 12.3 Å². The Kier molecular flexibility index (Phi) is 5.11. The molecule has 2 aliphatic rings. The van der Waals surface area contributed by atoms with Crippen molar-refractivity contribution in [1.29, 1.82) is 10.5 Å². The zero-order valence-corrected chi connectivity index (χ0v) is 17.0. The van der Waals surface area contributed by atoms with E-state index in [0.29, 0.717) is 41.9 Å². The lowest BCUT2D eigenvalue weighted by molar-refractivity contribution is 0.136. The zero-order chi connectivity index (χ0) is 21.2. The molecule has 5 rings (SSSR count). The van der Waals surface area contributed by atoms with Crippen LogP contribution in [0.25, 0.3) is 10.9 Å². The highest BCUT2D eigenvalue weighted by Gasteiger charge is 2.40. The van der Waals surface area contributed by atoms with Crippen molar-refractivity contribution in [3.05, 3.63) is 36.2 Å². The highest BCUT2D eigenvalue weighted by molar-refractivity contribution is 5.91. The van der Waals surface area contributed by atoms with Crippen molar-refractivity contribution >= 4 is 28.4 Å². The summed E-state index contributed by atoms with van der Waals surface area (Å²) in [4.78, 5) is 11.8. The van der Waals surface area contributed by atoms with Gasteiger partial charge in [-0.2, -0.15) is 15.6 Å². The molecule has 3 aromatic rings. The molecule has 0 amide bonds. The Labute approximate surface area is 180 Å². The van der Waals surface area contributed by atoms with E-state index < -0.39 is 0 Å². The van der Waals surface area contributed by atoms with E-state index in [2.05, 4.69) is 36.8 Å². The van der Waals surface area contributed by atoms with Gasteiger partial charge in [0.1, 0.15) is 23.4 Å². The summed E-state index contributed by atoms with van der Waals surface area (Å²) in [6, 6.07) is 13.2. The maximum atomic E-state index is 9.00. The van der Waals surface area contributed by atoms with Crippen LogP contribution in [-0.4, -0.2) is 49.7 Å². The number of rotatable bonds is 6. The van der Waals surface area contributed by atoms with Crippen LogP contribution in [0, 0.1) is 22.7 Å². The molecule has 0 spiro atoms. The summed E-state index contributed by atoms with van der Waals surface area (Å²) in [6.45, 7) is 0.872. The fraction of sp³-hybridized carbons (Fsp3) is 0.409. The van der Waals surface area contributed by atoms with Gasteiger partial charge >= 0.3 is 0 Å². The standard InChI is InChI=1S/C22H23N9/c23-6-2-8-31-16-4-5-17(31)10-14(9-16)26-22-18-3-1-7-25-19(18)12-20(28-22)27-21-11-15(13-24)29-30-21/h1,3,7,11-12,14,16-17H,2,4-5,8-10H2,(H3,26,27,28,29,30)/t14-,16-,17+. The average Bonchev–Trinajstić information content (AvgIpc) is 3.33. The molecule has 156 valence electrons. The SMILES string of the molecule is N#CCCN1[C@@H]2CC[C@H]1C[C@H](Nc1nc(Nc3cc(C#N)[nH]n3)cc3ncccc13)C2. The number of piperidine rings is 1. The Morgan fingerprint density at radius 1 is 1.16 bits per heavy atom. The Morgan fingerprint density at radius 2 is 2.00 bits per heavy atom. The van der Waals surface area contributed by atoms with Gasteiger partial charge in [-0.1, -0.05) is 0 Å². The fourth-order valence-corrected chi connectivity index (χ4v) is 4.95. The normalized spacial score (nSPS) is 22.7. The molecule has 0 aliphatic carbocycles. The van der Waals surface area contributed by atoms with Gasteiger partial charge < -0.3 is 10.6 Å². The molecule has 31 heavy (non-hydrogen) atoms. The van der Waals surface area contributed by atoms with Crippen molar-refractivity contribution in [2.75, 3.05) is 17.2 Å². The average molecular weight is 413 g/mol. The second-order valence-electron chi connectivity index (χ2n) is 8.17. The molecule has 2 fully saturated rings. The smallest absolute Gasteiger partial charge is 0.154 e. The second kappa shape index (κ2) is 8.21. The molecule has 2 aliphatic heterocycles. The van der Waals surface area contributed by atoms with Crippen molar-refractivity contribution in [1.82, 2.24) is 25.1 Å². The van der Waals surface area contributed by atoms with Crippen LogP contribution in [0.15, 0.2) is 30.5 Å². The Balaban J connectivity index is 1.38. The van der Waals surface area contributed by atoms with Crippen LogP contribution in [0.5, 0.6) is 0 Å². The number of aromatic nitrogens is 4. The van der Waals surface area contributed by atoms with Crippen molar-refractivity contribution in [2.45, 2.75) is 50.2 Å². The van der Waals surface area contributed by atoms with E-state index in [0.717, 1.165) is 36.1 Å². The van der Waals surface area contributed by atoms with Gasteiger partial charge in [-0.15, -0.1) is 0 Å². The number of pyridine rings is 2. The van der Waals surface area contributed by atoms with Gasteiger partial charge in [0.05, 0.1) is 11.6 Å². The maximum Gasteiger partial charge on any atom is 0.154 e. The molecule has 3 aromatic heterocycles. The van der Waals surface area contributed by atoms with Gasteiger partial charge in [-0.3, -0.25) is 15.0 Å². The van der Waals surface area contributed by atoms with E-state index in [-0.39, 0.29) is 0 Å². The lowest BCUT2D eigenvalue weighted by Crippen LogP contribution is -2.47. The van der Waals surface area contributed by atoms with E-state index in [1.165, 1.54) is 12.8 Å². The van der Waals surface area contributed by atoms with Crippen molar-refractivity contribution in [2.24, 2.45) is 0 Å². The molecular formula is C22H23N9. The predicted molar refractivity (Wildman–Crippen MR) is 117 cm³/mol. The van der Waals surface area contributed by atoms with E-state index in [9.17, 15) is 0 Å². The van der Waals surface area contributed by atoms with E-state index in [1.807, 2.05) is 24.3 Å². The summed E-state index contributed by atoms with van der Waals surface area (Å²) in [5, 5.41) is 32.5. The summed E-state index contributed by atoms with van der Waals surface area (Å²) in [6.07, 6.45) is 6.86. The molecule has 3 atom stereocenters. The summed E-state index contributed by atoms with van der Waals surface area (Å²) < 4.78 is 0. The first-order valence-electron chi connectivity index (χ1n) is 10.6. The van der Waals surface area contributed by atoms with Crippen molar-refractivity contribution < 1.29 is 0 Å². The number of anilines is 3. The monoisotopic (exact) mass is 413 g/mol. The van der Waals surface area contributed by atoms with Crippen LogP contribution in [0.3, 0.4) is 0 Å². The van der Waals surface area contributed by atoms with Gasteiger partial charge in [0, 0.05) is 54.8 Å². The first-order valence-corrected chi connectivity index (χ1v) is 10.6. The van der Waals surface area contributed by atoms with Gasteiger partial charge in [0.2, 0.25) is 0 Å². The van der Waals surface area contributed by atoms with Crippen molar-refractivity contribution in [3.8, 4) is 12.1 Å². The molecule has 3 N–H and O–H groups in total. The summed E-state index contributed by atoms with van der Waals surface area (Å²) in [7, 11) is 0. The van der Waals surface area contributed by atoms with Gasteiger partial charge in [-0.05, 0) is 37.8 Å². The topological polar surface area (TPSA) is 129 Å². The first-order chi connectivity index (χ1) is 15.2. The Morgan fingerprint density at radius 3 is 2.74 bits per heavy atom. The minimum atomic E-state index is 0.331. The van der Waals surface area contributed by atoms with Crippen LogP contribution in [0.4, 0.5) is 17.5 Å². The largest absolute Gasteiger partial charge is 0.367 e. The number of nitrogens with one attached hydrogen (secondary N) is 3. The van der Waals surface area contributed by atoms with E-state index >= 15 is 0 Å². The minimum absolute atomic E-state index is 0.331. The predicted octanol–water partition coefficient (Wildman–Crippen LogP) is 3.29. The maximum absolute atomic E-state index is 9.00. The van der Waals surface area contributed by atoms with Gasteiger partial charge in [0.25, 0.3) is 0 Å². The molecule has 9 heteroatoms. The van der Waals surface area contributed by atoms with E-state index in [4.69, 9.17) is 15.5 Å². The number of nitrogens with zero attached hydrogens (tertiary/aromatic N) is 6. The lowest BCUT2D eigenvalue weighted by atomic mass is 9.97.